The summed E-state index contributed by atoms with van der Waals surface area (Å²) in [5.41, 5.74) is 2.36. The van der Waals surface area contributed by atoms with Crippen LogP contribution in [0.4, 0.5) is 22.0 Å². The van der Waals surface area contributed by atoms with Crippen molar-refractivity contribution in [3.05, 3.63) is 83.6 Å². The number of fused-ring (bicyclic) bond motifs is 3. The number of carbonyl (C=O) groups excluding carboxylic acids is 4. The summed E-state index contributed by atoms with van der Waals surface area (Å²) in [5.74, 6) is -0.301. The molecular formula is C35H41N7O4. The van der Waals surface area contributed by atoms with E-state index in [4.69, 9.17) is 0 Å². The molecule has 0 saturated carbocycles. The van der Waals surface area contributed by atoms with E-state index in [0.29, 0.717) is 59.6 Å². The van der Waals surface area contributed by atoms with E-state index < -0.39 is 0 Å². The highest BCUT2D eigenvalue weighted by Crippen LogP contribution is 2.36. The molecule has 0 aliphatic carbocycles. The molecule has 3 aromatic rings. The Kier molecular flexibility index (Phi) is 9.70. The molecule has 5 amide bonds. The van der Waals surface area contributed by atoms with Crippen LogP contribution in [0.25, 0.3) is 0 Å². The third kappa shape index (κ3) is 6.52. The van der Waals surface area contributed by atoms with Crippen LogP contribution in [0.2, 0.25) is 0 Å². The van der Waals surface area contributed by atoms with Crippen LogP contribution in [0.1, 0.15) is 70.1 Å². The Hall–Kier alpha value is -4.61. The predicted molar refractivity (Wildman–Crippen MR) is 177 cm³/mol. The van der Waals surface area contributed by atoms with Gasteiger partial charge in [0.15, 0.2) is 5.82 Å². The second kappa shape index (κ2) is 14.2. The second-order valence-electron chi connectivity index (χ2n) is 12.1. The molecule has 6 rings (SSSR count). The van der Waals surface area contributed by atoms with Gasteiger partial charge in [0.2, 0.25) is 0 Å². The molecule has 0 bridgehead atoms. The maximum absolute atomic E-state index is 13.7. The van der Waals surface area contributed by atoms with Gasteiger partial charge in [0.25, 0.3) is 17.7 Å². The highest BCUT2D eigenvalue weighted by molar-refractivity contribution is 6.21. The molecule has 1 fully saturated rings. The number of pyridine rings is 1. The zero-order valence-electron chi connectivity index (χ0n) is 26.3. The zero-order valence-corrected chi connectivity index (χ0v) is 26.3. The molecular weight excluding hydrogens is 582 g/mol. The van der Waals surface area contributed by atoms with Crippen LogP contribution in [0.15, 0.2) is 66.9 Å². The van der Waals surface area contributed by atoms with Crippen LogP contribution >= 0.6 is 0 Å². The fourth-order valence-electron chi connectivity index (χ4n) is 6.79. The first-order valence-corrected chi connectivity index (χ1v) is 16.3. The smallest absolute Gasteiger partial charge is 0.327 e. The number of hydrogen-bond donors (Lipinski definition) is 2. The molecule has 3 aliphatic heterocycles. The fourth-order valence-corrected chi connectivity index (χ4v) is 6.79. The minimum absolute atomic E-state index is 0.200. The van der Waals surface area contributed by atoms with Gasteiger partial charge in [-0.25, -0.2) is 14.7 Å². The van der Waals surface area contributed by atoms with E-state index in [1.807, 2.05) is 0 Å². The highest BCUT2D eigenvalue weighted by Gasteiger charge is 2.35. The largest absolute Gasteiger partial charge is 0.336 e. The van der Waals surface area contributed by atoms with Crippen molar-refractivity contribution in [1.29, 1.82) is 0 Å². The first-order valence-electron chi connectivity index (χ1n) is 16.3. The highest BCUT2D eigenvalue weighted by atomic mass is 16.2. The SMILES string of the molecule is CCCN(CCCN1C(=O)c2ccccc2C1=O)CC1CCCCN1CCNC(=O)N1c2ccccc2C(=O)Nc2cccnc21. The Morgan fingerprint density at radius 2 is 1.67 bits per heavy atom. The van der Waals surface area contributed by atoms with Crippen LogP contribution in [0, 0.1) is 0 Å². The molecule has 11 nitrogen and oxygen atoms in total. The van der Waals surface area contributed by atoms with Crippen molar-refractivity contribution >= 4 is 40.9 Å². The number of nitrogens with one attached hydrogen (secondary N) is 2. The lowest BCUT2D eigenvalue weighted by Crippen LogP contribution is -2.50. The molecule has 46 heavy (non-hydrogen) atoms. The number of para-hydroxylation sites is 1. The molecule has 1 unspecified atom stereocenters. The van der Waals surface area contributed by atoms with Gasteiger partial charge in [-0.05, 0) is 81.7 Å². The van der Waals surface area contributed by atoms with Gasteiger partial charge >= 0.3 is 6.03 Å². The van der Waals surface area contributed by atoms with Crippen molar-refractivity contribution in [3.8, 4) is 0 Å². The lowest BCUT2D eigenvalue weighted by Gasteiger charge is -2.39. The predicted octanol–water partition coefficient (Wildman–Crippen LogP) is 4.75. The Balaban J connectivity index is 1.05. The van der Waals surface area contributed by atoms with E-state index in [0.717, 1.165) is 58.3 Å². The van der Waals surface area contributed by atoms with Crippen LogP contribution in [0.5, 0.6) is 0 Å². The lowest BCUT2D eigenvalue weighted by atomic mass is 10.0. The van der Waals surface area contributed by atoms with Crippen molar-refractivity contribution in [2.75, 3.05) is 56.0 Å². The van der Waals surface area contributed by atoms with Crippen LogP contribution < -0.4 is 15.5 Å². The summed E-state index contributed by atoms with van der Waals surface area (Å²) in [4.78, 5) is 64.4. The van der Waals surface area contributed by atoms with Crippen LogP contribution in [0.3, 0.4) is 0 Å². The van der Waals surface area contributed by atoms with E-state index in [-0.39, 0.29) is 23.8 Å². The summed E-state index contributed by atoms with van der Waals surface area (Å²) in [6.07, 6.45) is 6.70. The number of anilines is 3. The maximum Gasteiger partial charge on any atom is 0.327 e. The maximum atomic E-state index is 13.7. The van der Waals surface area contributed by atoms with Crippen molar-refractivity contribution in [1.82, 2.24) is 25.0 Å². The first-order chi connectivity index (χ1) is 22.5. The van der Waals surface area contributed by atoms with Gasteiger partial charge in [-0.2, -0.15) is 0 Å². The molecule has 240 valence electrons. The zero-order chi connectivity index (χ0) is 32.0. The van der Waals surface area contributed by atoms with E-state index in [1.54, 1.807) is 66.9 Å². The van der Waals surface area contributed by atoms with E-state index in [1.165, 1.54) is 9.80 Å². The minimum atomic E-state index is -0.335. The number of benzene rings is 2. The Morgan fingerprint density at radius 3 is 2.43 bits per heavy atom. The van der Waals surface area contributed by atoms with Gasteiger partial charge in [0.05, 0.1) is 28.1 Å². The number of hydrogen-bond acceptors (Lipinski definition) is 7. The second-order valence-corrected chi connectivity index (χ2v) is 12.1. The topological polar surface area (TPSA) is 118 Å². The van der Waals surface area contributed by atoms with Crippen LogP contribution in [-0.2, 0) is 0 Å². The number of rotatable bonds is 11. The summed E-state index contributed by atoms with van der Waals surface area (Å²) in [6, 6.07) is 17.6. The normalized spacial score (nSPS) is 17.8. The number of imide groups is 1. The summed E-state index contributed by atoms with van der Waals surface area (Å²) >= 11 is 0. The number of carbonyl (C=O) groups is 4. The average molecular weight is 624 g/mol. The fraction of sp³-hybridized carbons (Fsp3) is 0.400. The molecule has 1 aromatic heterocycles. The third-order valence-electron chi connectivity index (χ3n) is 9.01. The monoisotopic (exact) mass is 623 g/mol. The summed E-state index contributed by atoms with van der Waals surface area (Å²) < 4.78 is 0. The molecule has 4 heterocycles. The summed E-state index contributed by atoms with van der Waals surface area (Å²) in [5, 5.41) is 5.96. The van der Waals surface area contributed by atoms with Gasteiger partial charge in [0, 0.05) is 38.4 Å². The number of urea groups is 1. The Bertz CT molecular complexity index is 1580. The van der Waals surface area contributed by atoms with Gasteiger partial charge in [0.1, 0.15) is 0 Å². The molecule has 0 radical (unpaired) electrons. The van der Waals surface area contributed by atoms with Gasteiger partial charge in [-0.1, -0.05) is 37.6 Å². The third-order valence-corrected chi connectivity index (χ3v) is 9.01. The minimum Gasteiger partial charge on any atom is -0.336 e. The van der Waals surface area contributed by atoms with Crippen molar-refractivity contribution in [2.45, 2.75) is 45.1 Å². The summed E-state index contributed by atoms with van der Waals surface area (Å²) in [6.45, 7) is 7.33. The number of amides is 5. The van der Waals surface area contributed by atoms with Gasteiger partial charge in [-0.15, -0.1) is 0 Å². The molecule has 2 N–H and O–H groups in total. The van der Waals surface area contributed by atoms with Crippen molar-refractivity contribution in [2.24, 2.45) is 0 Å². The van der Waals surface area contributed by atoms with Crippen molar-refractivity contribution < 1.29 is 19.2 Å². The van der Waals surface area contributed by atoms with Gasteiger partial charge in [-0.3, -0.25) is 24.2 Å². The molecule has 1 saturated heterocycles. The van der Waals surface area contributed by atoms with E-state index in [2.05, 4.69) is 32.3 Å². The Morgan fingerprint density at radius 1 is 0.935 bits per heavy atom. The number of aromatic nitrogens is 1. The van der Waals surface area contributed by atoms with Gasteiger partial charge < -0.3 is 15.5 Å². The number of nitrogens with zero attached hydrogens (tertiary/aromatic N) is 5. The first kappa shape index (κ1) is 31.4. The molecule has 3 aliphatic rings. The molecule has 1 atom stereocenters. The lowest BCUT2D eigenvalue weighted by molar-refractivity contribution is 0.0640. The van der Waals surface area contributed by atoms with E-state index >= 15 is 0 Å². The quantitative estimate of drug-likeness (QED) is 0.296. The molecule has 0 spiro atoms. The van der Waals surface area contributed by atoms with E-state index in [9.17, 15) is 19.2 Å². The average Bonchev–Trinajstić information content (AvgIpc) is 3.23. The standard InChI is InChI=1S/C35H41N7O4/c1-2-19-39(20-10-22-41-33(44)26-12-3-4-13-27(26)34(41)45)24-25-11-7-8-21-40(25)23-18-37-35(46)42-30-16-6-5-14-28(30)32(43)38-29-15-9-17-36-31(29)42/h3-6,9,12-17,25H,2,7-8,10-11,18-24H2,1H3,(H,37,46)(H,38,43). The molecule has 2 aromatic carbocycles. The number of likely N-dealkylation sites (tertiary alicyclic amines) is 1. The number of piperidine rings is 1. The summed E-state index contributed by atoms with van der Waals surface area (Å²) in [7, 11) is 0. The Labute approximate surface area is 269 Å². The van der Waals surface area contributed by atoms with Crippen LogP contribution in [-0.4, -0.2) is 95.3 Å². The molecule has 11 heteroatoms. The van der Waals surface area contributed by atoms with Crippen molar-refractivity contribution in [3.63, 3.8) is 0 Å².